The van der Waals surface area contributed by atoms with Crippen LogP contribution in [0.3, 0.4) is 0 Å². The van der Waals surface area contributed by atoms with Crippen molar-refractivity contribution in [2.75, 3.05) is 13.2 Å². The first-order valence-corrected chi connectivity index (χ1v) is 9.97. The molecule has 1 N–H and O–H groups in total. The molecule has 0 atom stereocenters. The van der Waals surface area contributed by atoms with Crippen LogP contribution >= 0.6 is 11.6 Å². The number of carbonyl (C=O) groups is 1. The van der Waals surface area contributed by atoms with Gasteiger partial charge < -0.3 is 14.8 Å². The van der Waals surface area contributed by atoms with E-state index < -0.39 is 0 Å². The van der Waals surface area contributed by atoms with E-state index in [1.54, 1.807) is 18.2 Å². The van der Waals surface area contributed by atoms with Crippen molar-refractivity contribution in [1.82, 2.24) is 5.32 Å². The highest BCUT2D eigenvalue weighted by Gasteiger charge is 2.12. The molecule has 148 valence electrons. The fraction of sp³-hybridized carbons (Fsp3) is 0.208. The number of halogens is 1. The highest BCUT2D eigenvalue weighted by molar-refractivity contribution is 6.31. The van der Waals surface area contributed by atoms with Gasteiger partial charge in [0, 0.05) is 23.6 Å². The number of amides is 1. The standard InChI is InChI=1S/C24H22ClNO3/c1-16-21(25)3-2-4-22(16)29-15-24(27)26-14-17-5-7-18(8-6-17)19-9-10-23-20(13-19)11-12-28-23/h2-10,13H,11-12,14-15H2,1H3,(H,26,27). The first kappa shape index (κ1) is 19.3. The van der Waals surface area contributed by atoms with E-state index in [-0.39, 0.29) is 12.5 Å². The molecule has 29 heavy (non-hydrogen) atoms. The Kier molecular flexibility index (Phi) is 5.72. The highest BCUT2D eigenvalue weighted by atomic mass is 35.5. The lowest BCUT2D eigenvalue weighted by molar-refractivity contribution is -0.123. The smallest absolute Gasteiger partial charge is 0.258 e. The molecular weight excluding hydrogens is 386 g/mol. The summed E-state index contributed by atoms with van der Waals surface area (Å²) in [5.41, 5.74) is 5.44. The summed E-state index contributed by atoms with van der Waals surface area (Å²) in [5, 5.41) is 3.51. The molecule has 0 radical (unpaired) electrons. The highest BCUT2D eigenvalue weighted by Crippen LogP contribution is 2.30. The Bertz CT molecular complexity index is 1030. The quantitative estimate of drug-likeness (QED) is 0.629. The third kappa shape index (κ3) is 4.54. The van der Waals surface area contributed by atoms with Crippen LogP contribution in [0.25, 0.3) is 11.1 Å². The van der Waals surface area contributed by atoms with Crippen molar-refractivity contribution in [2.24, 2.45) is 0 Å². The number of hydrogen-bond acceptors (Lipinski definition) is 3. The van der Waals surface area contributed by atoms with E-state index in [2.05, 4.69) is 29.6 Å². The van der Waals surface area contributed by atoms with Gasteiger partial charge in [-0.25, -0.2) is 0 Å². The van der Waals surface area contributed by atoms with Crippen LogP contribution in [-0.2, 0) is 17.8 Å². The summed E-state index contributed by atoms with van der Waals surface area (Å²) in [7, 11) is 0. The molecule has 0 saturated carbocycles. The van der Waals surface area contributed by atoms with Crippen LogP contribution in [0.2, 0.25) is 5.02 Å². The molecule has 0 unspecified atom stereocenters. The summed E-state index contributed by atoms with van der Waals surface area (Å²) >= 11 is 6.07. The van der Waals surface area contributed by atoms with E-state index in [4.69, 9.17) is 21.1 Å². The maximum absolute atomic E-state index is 12.1. The summed E-state index contributed by atoms with van der Waals surface area (Å²) in [6, 6.07) is 19.9. The van der Waals surface area contributed by atoms with Crippen LogP contribution < -0.4 is 14.8 Å². The summed E-state index contributed by atoms with van der Waals surface area (Å²) in [6.45, 7) is 3.04. The Hall–Kier alpha value is -2.98. The molecule has 4 rings (SSSR count). The topological polar surface area (TPSA) is 47.6 Å². The summed E-state index contributed by atoms with van der Waals surface area (Å²) < 4.78 is 11.1. The molecule has 1 aliphatic heterocycles. The van der Waals surface area contributed by atoms with Crippen LogP contribution in [0.5, 0.6) is 11.5 Å². The minimum atomic E-state index is -0.174. The Balaban J connectivity index is 1.31. The Morgan fingerprint density at radius 2 is 1.90 bits per heavy atom. The molecule has 3 aromatic rings. The second kappa shape index (κ2) is 8.58. The van der Waals surface area contributed by atoms with Gasteiger partial charge in [0.1, 0.15) is 11.5 Å². The number of fused-ring (bicyclic) bond motifs is 1. The maximum atomic E-state index is 12.1. The number of nitrogens with one attached hydrogen (secondary N) is 1. The van der Waals surface area contributed by atoms with E-state index in [0.717, 1.165) is 35.5 Å². The Labute approximate surface area is 175 Å². The number of rotatable bonds is 6. The molecule has 3 aromatic carbocycles. The predicted molar refractivity (Wildman–Crippen MR) is 115 cm³/mol. The average Bonchev–Trinajstić information content (AvgIpc) is 3.21. The van der Waals surface area contributed by atoms with Crippen LogP contribution in [0, 0.1) is 6.92 Å². The second-order valence-corrected chi connectivity index (χ2v) is 7.45. The van der Waals surface area contributed by atoms with Gasteiger partial charge in [0.2, 0.25) is 0 Å². The fourth-order valence-corrected chi connectivity index (χ4v) is 3.49. The molecule has 0 fully saturated rings. The van der Waals surface area contributed by atoms with Crippen LogP contribution in [-0.4, -0.2) is 19.1 Å². The van der Waals surface area contributed by atoms with Crippen molar-refractivity contribution in [1.29, 1.82) is 0 Å². The molecule has 0 aliphatic carbocycles. The number of ether oxygens (including phenoxy) is 2. The third-order valence-electron chi connectivity index (χ3n) is 5.04. The molecule has 0 spiro atoms. The number of carbonyl (C=O) groups excluding carboxylic acids is 1. The van der Waals surface area contributed by atoms with E-state index >= 15 is 0 Å². The van der Waals surface area contributed by atoms with Crippen LogP contribution in [0.4, 0.5) is 0 Å². The van der Waals surface area contributed by atoms with Crippen molar-refractivity contribution < 1.29 is 14.3 Å². The first-order chi connectivity index (χ1) is 14.1. The lowest BCUT2D eigenvalue weighted by Crippen LogP contribution is -2.28. The largest absolute Gasteiger partial charge is 0.493 e. The van der Waals surface area contributed by atoms with Gasteiger partial charge in [-0.05, 0) is 53.4 Å². The van der Waals surface area contributed by atoms with E-state index in [0.29, 0.717) is 17.3 Å². The average molecular weight is 408 g/mol. The minimum absolute atomic E-state index is 0.0452. The van der Waals surface area contributed by atoms with Gasteiger partial charge in [0.05, 0.1) is 6.61 Å². The predicted octanol–water partition coefficient (Wildman–Crippen LogP) is 4.95. The zero-order valence-corrected chi connectivity index (χ0v) is 17.0. The molecule has 0 saturated heterocycles. The van der Waals surface area contributed by atoms with Gasteiger partial charge in [-0.3, -0.25) is 4.79 Å². The third-order valence-corrected chi connectivity index (χ3v) is 5.45. The lowest BCUT2D eigenvalue weighted by atomic mass is 10.0. The number of benzene rings is 3. The van der Waals surface area contributed by atoms with E-state index in [1.807, 2.05) is 25.1 Å². The number of hydrogen-bond donors (Lipinski definition) is 1. The van der Waals surface area contributed by atoms with Crippen molar-refractivity contribution >= 4 is 17.5 Å². The van der Waals surface area contributed by atoms with E-state index in [9.17, 15) is 4.79 Å². The van der Waals surface area contributed by atoms with Gasteiger partial charge in [-0.2, -0.15) is 0 Å². The lowest BCUT2D eigenvalue weighted by Gasteiger charge is -2.11. The molecular formula is C24H22ClNO3. The van der Waals surface area contributed by atoms with Gasteiger partial charge in [0.25, 0.3) is 5.91 Å². The Morgan fingerprint density at radius 1 is 1.10 bits per heavy atom. The molecule has 5 heteroatoms. The molecule has 1 heterocycles. The van der Waals surface area contributed by atoms with Crippen molar-refractivity contribution in [3.63, 3.8) is 0 Å². The zero-order valence-electron chi connectivity index (χ0n) is 16.2. The Morgan fingerprint density at radius 3 is 2.72 bits per heavy atom. The maximum Gasteiger partial charge on any atom is 0.258 e. The normalized spacial score (nSPS) is 12.2. The molecule has 1 aliphatic rings. The van der Waals surface area contributed by atoms with Crippen LogP contribution in [0.15, 0.2) is 60.7 Å². The van der Waals surface area contributed by atoms with Crippen molar-refractivity contribution in [3.05, 3.63) is 82.4 Å². The first-order valence-electron chi connectivity index (χ1n) is 9.60. The minimum Gasteiger partial charge on any atom is -0.493 e. The van der Waals surface area contributed by atoms with Gasteiger partial charge >= 0.3 is 0 Å². The summed E-state index contributed by atoms with van der Waals surface area (Å²) in [4.78, 5) is 12.1. The fourth-order valence-electron chi connectivity index (χ4n) is 3.32. The molecule has 0 bridgehead atoms. The van der Waals surface area contributed by atoms with Crippen LogP contribution in [0.1, 0.15) is 16.7 Å². The zero-order chi connectivity index (χ0) is 20.2. The van der Waals surface area contributed by atoms with Crippen molar-refractivity contribution in [2.45, 2.75) is 19.9 Å². The van der Waals surface area contributed by atoms with Gasteiger partial charge in [-0.1, -0.05) is 48.0 Å². The van der Waals surface area contributed by atoms with Gasteiger partial charge in [0.15, 0.2) is 6.61 Å². The van der Waals surface area contributed by atoms with Gasteiger partial charge in [-0.15, -0.1) is 0 Å². The molecule has 4 nitrogen and oxygen atoms in total. The monoisotopic (exact) mass is 407 g/mol. The van der Waals surface area contributed by atoms with E-state index in [1.165, 1.54) is 11.1 Å². The second-order valence-electron chi connectivity index (χ2n) is 7.05. The molecule has 1 amide bonds. The summed E-state index contributed by atoms with van der Waals surface area (Å²) in [6.07, 6.45) is 0.962. The molecule has 0 aromatic heterocycles. The SMILES string of the molecule is Cc1c(Cl)cccc1OCC(=O)NCc1ccc(-c2ccc3c(c2)CCO3)cc1. The summed E-state index contributed by atoms with van der Waals surface area (Å²) in [5.74, 6) is 1.44. The van der Waals surface area contributed by atoms with Crippen molar-refractivity contribution in [3.8, 4) is 22.6 Å².